The SMILES string of the molecule is CCN(CC)C(=O)C1=C(C)N=C2SC=C(CC(=O)N(C)Cc3ccccc3)N2C1c1ccccc1C. The third-order valence-electron chi connectivity index (χ3n) is 6.79. The Morgan fingerprint density at radius 3 is 2.33 bits per heavy atom. The summed E-state index contributed by atoms with van der Waals surface area (Å²) in [4.78, 5) is 37.6. The molecule has 0 saturated heterocycles. The second-order valence-corrected chi connectivity index (χ2v) is 9.98. The zero-order chi connectivity index (χ0) is 25.8. The molecule has 2 aliphatic rings. The number of likely N-dealkylation sites (N-methyl/N-ethyl adjacent to an activating group) is 1. The topological polar surface area (TPSA) is 56.2 Å². The average molecular weight is 503 g/mol. The minimum Gasteiger partial charge on any atom is -0.341 e. The maximum absolute atomic E-state index is 13.8. The van der Waals surface area contributed by atoms with Crippen molar-refractivity contribution in [3.05, 3.63) is 93.7 Å². The van der Waals surface area contributed by atoms with E-state index < -0.39 is 0 Å². The number of fused-ring (bicyclic) bond motifs is 1. The van der Waals surface area contributed by atoms with Gasteiger partial charge in [-0.2, -0.15) is 0 Å². The number of hydrogen-bond donors (Lipinski definition) is 0. The van der Waals surface area contributed by atoms with E-state index in [1.807, 2.05) is 80.6 Å². The molecule has 0 bridgehead atoms. The number of aryl methyl sites for hydroxylation is 1. The Kier molecular flexibility index (Phi) is 7.99. The summed E-state index contributed by atoms with van der Waals surface area (Å²) >= 11 is 1.52. The second kappa shape index (κ2) is 11.2. The summed E-state index contributed by atoms with van der Waals surface area (Å²) in [7, 11) is 1.83. The van der Waals surface area contributed by atoms with Crippen LogP contribution in [0.25, 0.3) is 0 Å². The van der Waals surface area contributed by atoms with Crippen molar-refractivity contribution in [1.82, 2.24) is 14.7 Å². The molecule has 1 unspecified atom stereocenters. The van der Waals surface area contributed by atoms with Crippen LogP contribution in [0.2, 0.25) is 0 Å². The summed E-state index contributed by atoms with van der Waals surface area (Å²) in [5.41, 5.74) is 5.53. The monoisotopic (exact) mass is 502 g/mol. The van der Waals surface area contributed by atoms with Crippen molar-refractivity contribution >= 4 is 28.7 Å². The largest absolute Gasteiger partial charge is 0.341 e. The molecule has 0 aliphatic carbocycles. The van der Waals surface area contributed by atoms with Gasteiger partial charge in [0.2, 0.25) is 5.91 Å². The van der Waals surface area contributed by atoms with Gasteiger partial charge in [-0.25, -0.2) is 4.99 Å². The van der Waals surface area contributed by atoms with Crippen LogP contribution in [0.15, 0.2) is 82.0 Å². The Morgan fingerprint density at radius 1 is 1.00 bits per heavy atom. The van der Waals surface area contributed by atoms with Gasteiger partial charge >= 0.3 is 0 Å². The maximum atomic E-state index is 13.8. The first-order valence-electron chi connectivity index (χ1n) is 12.4. The third kappa shape index (κ3) is 5.12. The van der Waals surface area contributed by atoms with E-state index in [1.54, 1.807) is 4.90 Å². The molecule has 2 aromatic rings. The molecule has 0 spiro atoms. The molecule has 2 aromatic carbocycles. The number of allylic oxidation sites excluding steroid dienone is 1. The summed E-state index contributed by atoms with van der Waals surface area (Å²) in [6.45, 7) is 9.79. The number of aliphatic imine (C=N–C) groups is 1. The molecule has 0 fully saturated rings. The molecule has 2 heterocycles. The maximum Gasteiger partial charge on any atom is 0.254 e. The smallest absolute Gasteiger partial charge is 0.254 e. The van der Waals surface area contributed by atoms with Crippen molar-refractivity contribution in [2.24, 2.45) is 4.99 Å². The fourth-order valence-electron chi connectivity index (χ4n) is 4.75. The first kappa shape index (κ1) is 25.8. The van der Waals surface area contributed by atoms with Gasteiger partial charge in [0, 0.05) is 32.4 Å². The van der Waals surface area contributed by atoms with Gasteiger partial charge in [-0.3, -0.25) is 9.59 Å². The highest BCUT2D eigenvalue weighted by molar-refractivity contribution is 8.16. The van der Waals surface area contributed by atoms with Crippen LogP contribution in [-0.4, -0.2) is 51.8 Å². The zero-order valence-corrected chi connectivity index (χ0v) is 22.5. The van der Waals surface area contributed by atoms with Crippen LogP contribution in [0.3, 0.4) is 0 Å². The van der Waals surface area contributed by atoms with E-state index in [2.05, 4.69) is 24.0 Å². The fraction of sp³-hybridized carbons (Fsp3) is 0.345. The van der Waals surface area contributed by atoms with Gasteiger partial charge in [0.05, 0.1) is 23.7 Å². The van der Waals surface area contributed by atoms with Crippen molar-refractivity contribution in [3.63, 3.8) is 0 Å². The van der Waals surface area contributed by atoms with Crippen LogP contribution in [0.1, 0.15) is 49.9 Å². The van der Waals surface area contributed by atoms with Crippen LogP contribution >= 0.6 is 11.8 Å². The predicted octanol–water partition coefficient (Wildman–Crippen LogP) is 5.49. The van der Waals surface area contributed by atoms with Crippen molar-refractivity contribution in [2.75, 3.05) is 20.1 Å². The number of nitrogens with zero attached hydrogens (tertiary/aromatic N) is 4. The Labute approximate surface area is 218 Å². The minimum atomic E-state index is -0.333. The number of rotatable bonds is 8. The first-order valence-corrected chi connectivity index (χ1v) is 13.3. The Balaban J connectivity index is 1.68. The van der Waals surface area contributed by atoms with Crippen molar-refractivity contribution in [3.8, 4) is 0 Å². The van der Waals surface area contributed by atoms with Gasteiger partial charge in [0.1, 0.15) is 0 Å². The molecule has 36 heavy (non-hydrogen) atoms. The quantitative estimate of drug-likeness (QED) is 0.479. The molecular formula is C29H34N4O2S. The molecule has 0 aromatic heterocycles. The number of carbonyl (C=O) groups is 2. The van der Waals surface area contributed by atoms with E-state index in [-0.39, 0.29) is 24.3 Å². The molecule has 2 aliphatic heterocycles. The van der Waals surface area contributed by atoms with E-state index in [1.165, 1.54) is 11.8 Å². The molecular weight excluding hydrogens is 468 g/mol. The van der Waals surface area contributed by atoms with Gasteiger partial charge in [-0.1, -0.05) is 66.4 Å². The van der Waals surface area contributed by atoms with Gasteiger partial charge in [-0.05, 0) is 49.8 Å². The lowest BCUT2D eigenvalue weighted by Crippen LogP contribution is -2.42. The average Bonchev–Trinajstić information content (AvgIpc) is 3.26. The first-order chi connectivity index (χ1) is 17.3. The number of carbonyl (C=O) groups excluding carboxylic acids is 2. The number of amides is 2. The number of benzene rings is 2. The van der Waals surface area contributed by atoms with Crippen LogP contribution in [0.4, 0.5) is 0 Å². The van der Waals surface area contributed by atoms with Gasteiger partial charge in [0.25, 0.3) is 5.91 Å². The van der Waals surface area contributed by atoms with Crippen LogP contribution in [0, 0.1) is 6.92 Å². The van der Waals surface area contributed by atoms with E-state index in [9.17, 15) is 9.59 Å². The lowest BCUT2D eigenvalue weighted by molar-refractivity contribution is -0.129. The Hall–Kier alpha value is -3.32. The van der Waals surface area contributed by atoms with E-state index >= 15 is 0 Å². The van der Waals surface area contributed by atoms with E-state index in [0.29, 0.717) is 25.2 Å². The highest BCUT2D eigenvalue weighted by atomic mass is 32.2. The molecule has 0 N–H and O–H groups in total. The normalized spacial score (nSPS) is 16.9. The molecule has 7 heteroatoms. The summed E-state index contributed by atoms with van der Waals surface area (Å²) in [6, 6.07) is 17.8. The molecule has 1 atom stereocenters. The number of thioether (sulfide) groups is 1. The summed E-state index contributed by atoms with van der Waals surface area (Å²) < 4.78 is 0. The number of hydrogen-bond acceptors (Lipinski definition) is 5. The fourth-order valence-corrected chi connectivity index (χ4v) is 5.71. The second-order valence-electron chi connectivity index (χ2n) is 9.14. The van der Waals surface area contributed by atoms with Crippen molar-refractivity contribution in [2.45, 2.75) is 46.7 Å². The Morgan fingerprint density at radius 2 is 1.67 bits per heavy atom. The van der Waals surface area contributed by atoms with E-state index in [4.69, 9.17) is 4.99 Å². The summed E-state index contributed by atoms with van der Waals surface area (Å²) in [5.74, 6) is 0.0238. The lowest BCUT2D eigenvalue weighted by Gasteiger charge is -2.38. The van der Waals surface area contributed by atoms with Gasteiger partial charge in [0.15, 0.2) is 5.17 Å². The summed E-state index contributed by atoms with van der Waals surface area (Å²) in [6.07, 6.45) is 0.240. The molecule has 4 rings (SSSR count). The van der Waals surface area contributed by atoms with Crippen LogP contribution in [-0.2, 0) is 16.1 Å². The van der Waals surface area contributed by atoms with Crippen LogP contribution < -0.4 is 0 Å². The standard InChI is InChI=1S/C29H34N4O2S/c1-6-32(7-2)28(35)26-21(4)30-29-33(27(26)24-16-12-11-13-20(24)3)23(19-36-29)17-25(34)31(5)18-22-14-9-8-10-15-22/h8-16,19,27H,6-7,17-18H2,1-5H3. The highest BCUT2D eigenvalue weighted by Gasteiger charge is 2.42. The molecule has 0 radical (unpaired) electrons. The van der Waals surface area contributed by atoms with Crippen LogP contribution in [0.5, 0.6) is 0 Å². The van der Waals surface area contributed by atoms with Crippen molar-refractivity contribution in [1.29, 1.82) is 0 Å². The van der Waals surface area contributed by atoms with Gasteiger partial charge in [-0.15, -0.1) is 0 Å². The molecule has 2 amide bonds. The molecule has 0 saturated carbocycles. The predicted molar refractivity (Wildman–Crippen MR) is 147 cm³/mol. The van der Waals surface area contributed by atoms with E-state index in [0.717, 1.165) is 33.3 Å². The lowest BCUT2D eigenvalue weighted by atomic mass is 9.90. The molecule has 188 valence electrons. The highest BCUT2D eigenvalue weighted by Crippen LogP contribution is 2.45. The summed E-state index contributed by atoms with van der Waals surface area (Å²) in [5, 5.41) is 2.82. The zero-order valence-electron chi connectivity index (χ0n) is 21.7. The van der Waals surface area contributed by atoms with Gasteiger partial charge < -0.3 is 14.7 Å². The third-order valence-corrected chi connectivity index (χ3v) is 7.67. The van der Waals surface area contributed by atoms with Crippen molar-refractivity contribution < 1.29 is 9.59 Å². The Bertz CT molecular complexity index is 1230. The minimum absolute atomic E-state index is 0.00248. The molecule has 6 nitrogen and oxygen atoms in total. The number of amidine groups is 1.